The van der Waals surface area contributed by atoms with Gasteiger partial charge in [-0.15, -0.1) is 0 Å². The molecule has 1 aliphatic rings. The second-order valence-corrected chi connectivity index (χ2v) is 4.81. The maximum Gasteiger partial charge on any atom is 0.222 e. The van der Waals surface area contributed by atoms with Gasteiger partial charge in [-0.2, -0.15) is 0 Å². The summed E-state index contributed by atoms with van der Waals surface area (Å²) in [6.07, 6.45) is 1.77. The van der Waals surface area contributed by atoms with E-state index in [2.05, 4.69) is 0 Å². The molecule has 1 heterocycles. The van der Waals surface area contributed by atoms with Gasteiger partial charge in [0.2, 0.25) is 5.91 Å². The standard InChI is InChI=1S/C15H18FNO3/c1-3-14(18)17-8-4-5-12(17)15(19)11-9-10(16)6-7-13(11)20-2/h6-7,9,12H,3-5,8H2,1-2H3. The molecule has 0 aliphatic carbocycles. The number of nitrogens with zero attached hydrogens (tertiary/aromatic N) is 1. The van der Waals surface area contributed by atoms with Crippen molar-refractivity contribution in [2.75, 3.05) is 13.7 Å². The quantitative estimate of drug-likeness (QED) is 0.795. The van der Waals surface area contributed by atoms with Gasteiger partial charge in [0.05, 0.1) is 18.7 Å². The fraction of sp³-hybridized carbons (Fsp3) is 0.467. The van der Waals surface area contributed by atoms with Crippen LogP contribution in [0.1, 0.15) is 36.5 Å². The number of carbonyl (C=O) groups excluding carboxylic acids is 2. The molecule has 1 aliphatic heterocycles. The first-order chi connectivity index (χ1) is 9.58. The first-order valence-electron chi connectivity index (χ1n) is 6.75. The molecule has 108 valence electrons. The molecule has 0 bridgehead atoms. The van der Waals surface area contributed by atoms with Crippen molar-refractivity contribution in [1.29, 1.82) is 0 Å². The monoisotopic (exact) mass is 279 g/mol. The second-order valence-electron chi connectivity index (χ2n) is 4.81. The Labute approximate surface area is 117 Å². The van der Waals surface area contributed by atoms with Gasteiger partial charge in [0.1, 0.15) is 11.6 Å². The zero-order valence-corrected chi connectivity index (χ0v) is 11.7. The van der Waals surface area contributed by atoms with Crippen molar-refractivity contribution < 1.29 is 18.7 Å². The maximum atomic E-state index is 13.4. The van der Waals surface area contributed by atoms with Crippen molar-refractivity contribution in [3.8, 4) is 5.75 Å². The number of carbonyl (C=O) groups is 2. The molecule has 5 heteroatoms. The number of hydrogen-bond acceptors (Lipinski definition) is 3. The molecule has 20 heavy (non-hydrogen) atoms. The van der Waals surface area contributed by atoms with Crippen molar-refractivity contribution in [2.45, 2.75) is 32.2 Å². The lowest BCUT2D eigenvalue weighted by Crippen LogP contribution is -2.40. The van der Waals surface area contributed by atoms with Crippen LogP contribution in [0.3, 0.4) is 0 Å². The normalized spacial score (nSPS) is 18.1. The van der Waals surface area contributed by atoms with E-state index >= 15 is 0 Å². The number of Topliss-reactive ketones (excluding diaryl/α,β-unsaturated/α-hetero) is 1. The van der Waals surface area contributed by atoms with Crippen LogP contribution in [0.25, 0.3) is 0 Å². The average Bonchev–Trinajstić information content (AvgIpc) is 2.95. The van der Waals surface area contributed by atoms with Crippen LogP contribution in [-0.4, -0.2) is 36.3 Å². The van der Waals surface area contributed by atoms with E-state index in [9.17, 15) is 14.0 Å². The Hall–Kier alpha value is -1.91. The van der Waals surface area contributed by atoms with Crippen LogP contribution in [0.15, 0.2) is 18.2 Å². The third kappa shape index (κ3) is 2.66. The van der Waals surface area contributed by atoms with Gasteiger partial charge in [0, 0.05) is 13.0 Å². The molecular formula is C15H18FNO3. The molecule has 2 rings (SSSR count). The molecule has 0 spiro atoms. The van der Waals surface area contributed by atoms with Gasteiger partial charge >= 0.3 is 0 Å². The van der Waals surface area contributed by atoms with E-state index in [1.165, 1.54) is 25.3 Å². The van der Waals surface area contributed by atoms with E-state index in [1.54, 1.807) is 11.8 Å². The summed E-state index contributed by atoms with van der Waals surface area (Å²) in [7, 11) is 1.44. The van der Waals surface area contributed by atoms with Gasteiger partial charge in [-0.1, -0.05) is 6.92 Å². The summed E-state index contributed by atoms with van der Waals surface area (Å²) in [5, 5.41) is 0. The first-order valence-corrected chi connectivity index (χ1v) is 6.75. The minimum absolute atomic E-state index is 0.0452. The topological polar surface area (TPSA) is 46.6 Å². The molecule has 1 aromatic rings. The van der Waals surface area contributed by atoms with Crippen molar-refractivity contribution >= 4 is 11.7 Å². The van der Waals surface area contributed by atoms with Crippen molar-refractivity contribution in [3.05, 3.63) is 29.6 Å². The fourth-order valence-corrected chi connectivity index (χ4v) is 2.59. The highest BCUT2D eigenvalue weighted by Gasteiger charge is 2.34. The summed E-state index contributed by atoms with van der Waals surface area (Å²) in [5.41, 5.74) is 0.202. The van der Waals surface area contributed by atoms with E-state index < -0.39 is 11.9 Å². The van der Waals surface area contributed by atoms with Gasteiger partial charge in [-0.3, -0.25) is 9.59 Å². The second kappa shape index (κ2) is 6.03. The summed E-state index contributed by atoms with van der Waals surface area (Å²) < 4.78 is 18.5. The van der Waals surface area contributed by atoms with Crippen LogP contribution in [0.4, 0.5) is 4.39 Å². The predicted octanol–water partition coefficient (Wildman–Crippen LogP) is 2.42. The van der Waals surface area contributed by atoms with Gasteiger partial charge in [-0.25, -0.2) is 4.39 Å². The van der Waals surface area contributed by atoms with Gasteiger partial charge in [0.15, 0.2) is 5.78 Å². The molecule has 1 unspecified atom stereocenters. The molecule has 0 saturated carbocycles. The van der Waals surface area contributed by atoms with Crippen LogP contribution in [0.5, 0.6) is 5.75 Å². The number of ketones is 1. The highest BCUT2D eigenvalue weighted by atomic mass is 19.1. The number of ether oxygens (including phenoxy) is 1. The maximum absolute atomic E-state index is 13.4. The lowest BCUT2D eigenvalue weighted by molar-refractivity contribution is -0.131. The zero-order chi connectivity index (χ0) is 14.7. The van der Waals surface area contributed by atoms with Gasteiger partial charge in [-0.05, 0) is 31.0 Å². The van der Waals surface area contributed by atoms with E-state index in [0.717, 1.165) is 6.42 Å². The van der Waals surface area contributed by atoms with Gasteiger partial charge < -0.3 is 9.64 Å². The average molecular weight is 279 g/mol. The van der Waals surface area contributed by atoms with Crippen LogP contribution in [0, 0.1) is 5.82 Å². The predicted molar refractivity (Wildman–Crippen MR) is 72.3 cm³/mol. The molecule has 1 atom stereocenters. The highest BCUT2D eigenvalue weighted by Crippen LogP contribution is 2.27. The van der Waals surface area contributed by atoms with Crippen molar-refractivity contribution in [3.63, 3.8) is 0 Å². The summed E-state index contributed by atoms with van der Waals surface area (Å²) in [6.45, 7) is 2.35. The Morgan fingerprint density at radius 3 is 2.85 bits per heavy atom. The lowest BCUT2D eigenvalue weighted by Gasteiger charge is -2.23. The number of rotatable bonds is 4. The minimum Gasteiger partial charge on any atom is -0.496 e. The summed E-state index contributed by atoms with van der Waals surface area (Å²) in [6, 6.07) is 3.36. The van der Waals surface area contributed by atoms with Crippen LogP contribution in [-0.2, 0) is 4.79 Å². The summed E-state index contributed by atoms with van der Waals surface area (Å²) in [4.78, 5) is 26.0. The molecule has 4 nitrogen and oxygen atoms in total. The van der Waals surface area contributed by atoms with Crippen molar-refractivity contribution in [1.82, 2.24) is 4.90 Å². The molecule has 0 radical (unpaired) electrons. The molecule has 1 fully saturated rings. The highest BCUT2D eigenvalue weighted by molar-refractivity contribution is 6.04. The van der Waals surface area contributed by atoms with E-state index in [-0.39, 0.29) is 17.3 Å². The van der Waals surface area contributed by atoms with E-state index in [1.807, 2.05) is 0 Å². The lowest BCUT2D eigenvalue weighted by atomic mass is 10.0. The molecule has 0 aromatic heterocycles. The first kappa shape index (κ1) is 14.5. The molecule has 1 aromatic carbocycles. The number of amides is 1. The fourth-order valence-electron chi connectivity index (χ4n) is 2.59. The third-order valence-electron chi connectivity index (χ3n) is 3.61. The van der Waals surface area contributed by atoms with Gasteiger partial charge in [0.25, 0.3) is 0 Å². The molecule has 1 amide bonds. The Kier molecular flexibility index (Phi) is 4.37. The largest absolute Gasteiger partial charge is 0.496 e. The van der Waals surface area contributed by atoms with Crippen LogP contribution < -0.4 is 4.74 Å². The van der Waals surface area contributed by atoms with Crippen LogP contribution >= 0.6 is 0 Å². The molecular weight excluding hydrogens is 261 g/mol. The number of methoxy groups -OCH3 is 1. The molecule has 0 N–H and O–H groups in total. The number of likely N-dealkylation sites (tertiary alicyclic amines) is 1. The smallest absolute Gasteiger partial charge is 0.222 e. The number of benzene rings is 1. The Balaban J connectivity index is 2.31. The minimum atomic E-state index is -0.502. The Morgan fingerprint density at radius 2 is 2.20 bits per heavy atom. The van der Waals surface area contributed by atoms with Crippen molar-refractivity contribution in [2.24, 2.45) is 0 Å². The number of halogens is 1. The zero-order valence-electron chi connectivity index (χ0n) is 11.7. The third-order valence-corrected chi connectivity index (χ3v) is 3.61. The summed E-state index contributed by atoms with van der Waals surface area (Å²) in [5.74, 6) is -0.440. The molecule has 1 saturated heterocycles. The Bertz CT molecular complexity index is 530. The number of hydrogen-bond donors (Lipinski definition) is 0. The van der Waals surface area contributed by atoms with E-state index in [4.69, 9.17) is 4.74 Å². The summed E-state index contributed by atoms with van der Waals surface area (Å²) >= 11 is 0. The van der Waals surface area contributed by atoms with Crippen LogP contribution in [0.2, 0.25) is 0 Å². The van der Waals surface area contributed by atoms with E-state index in [0.29, 0.717) is 25.1 Å². The Morgan fingerprint density at radius 1 is 1.45 bits per heavy atom. The SMILES string of the molecule is CCC(=O)N1CCCC1C(=O)c1cc(F)ccc1OC.